The number of aryl methyl sites for hydroxylation is 2. The van der Waals surface area contributed by atoms with Crippen LogP contribution in [0.1, 0.15) is 16.8 Å². The molecule has 1 aliphatic rings. The highest BCUT2D eigenvalue weighted by Gasteiger charge is 2.19. The number of hydrogen-bond donors (Lipinski definition) is 1. The van der Waals surface area contributed by atoms with E-state index in [1.807, 2.05) is 7.05 Å². The monoisotopic (exact) mass is 248 g/mol. The van der Waals surface area contributed by atoms with Gasteiger partial charge in [-0.05, 0) is 39.6 Å². The molecule has 1 N–H and O–H groups in total. The molecule has 0 atom stereocenters. The van der Waals surface area contributed by atoms with Crippen molar-refractivity contribution in [2.24, 2.45) is 0 Å². The molecule has 1 aliphatic heterocycles. The molecule has 0 bridgehead atoms. The summed E-state index contributed by atoms with van der Waals surface area (Å²) in [4.78, 5) is 9.56. The van der Waals surface area contributed by atoms with Crippen molar-refractivity contribution in [3.63, 3.8) is 0 Å². The van der Waals surface area contributed by atoms with Gasteiger partial charge in [0.05, 0.1) is 0 Å². The number of nitrogens with zero attached hydrogens (tertiary/aromatic N) is 3. The molecule has 1 fully saturated rings. The van der Waals surface area contributed by atoms with Crippen LogP contribution >= 0.6 is 0 Å². The van der Waals surface area contributed by atoms with Crippen LogP contribution in [0.15, 0.2) is 6.07 Å². The van der Waals surface area contributed by atoms with E-state index < -0.39 is 0 Å². The number of likely N-dealkylation sites (N-methyl/N-ethyl adjacent to an activating group) is 1. The third-order valence-corrected chi connectivity index (χ3v) is 3.61. The molecule has 2 rings (SSSR count). The molecule has 0 saturated carbocycles. The first-order chi connectivity index (χ1) is 8.61. The fraction of sp³-hybridized carbons (Fsp3) is 0.643. The predicted octanol–water partition coefficient (Wildman–Crippen LogP) is 1.17. The van der Waals surface area contributed by atoms with Gasteiger partial charge in [0.25, 0.3) is 0 Å². The highest BCUT2D eigenvalue weighted by Crippen LogP contribution is 2.23. The van der Waals surface area contributed by atoms with E-state index in [0.29, 0.717) is 0 Å². The first-order valence-corrected chi connectivity index (χ1v) is 6.67. The van der Waals surface area contributed by atoms with Gasteiger partial charge in [-0.3, -0.25) is 0 Å². The van der Waals surface area contributed by atoms with Gasteiger partial charge in [0.2, 0.25) is 0 Å². The second kappa shape index (κ2) is 5.67. The van der Waals surface area contributed by atoms with Crippen LogP contribution in [0.5, 0.6) is 0 Å². The molecule has 0 amide bonds. The van der Waals surface area contributed by atoms with Gasteiger partial charge in [-0.1, -0.05) is 0 Å². The van der Waals surface area contributed by atoms with E-state index in [9.17, 15) is 0 Å². The van der Waals surface area contributed by atoms with Gasteiger partial charge in [0.1, 0.15) is 5.82 Å². The van der Waals surface area contributed by atoms with Gasteiger partial charge < -0.3 is 15.1 Å². The lowest BCUT2D eigenvalue weighted by atomic mass is 10.1. The molecule has 1 aromatic rings. The fourth-order valence-electron chi connectivity index (χ4n) is 2.52. The van der Waals surface area contributed by atoms with Gasteiger partial charge >= 0.3 is 0 Å². The summed E-state index contributed by atoms with van der Waals surface area (Å²) >= 11 is 0. The lowest BCUT2D eigenvalue weighted by molar-refractivity contribution is 0.311. The molecule has 0 unspecified atom stereocenters. The molecule has 18 heavy (non-hydrogen) atoms. The number of piperazine rings is 1. The maximum Gasteiger partial charge on any atom is 0.133 e. The topological polar surface area (TPSA) is 31.4 Å². The van der Waals surface area contributed by atoms with Gasteiger partial charge in [-0.2, -0.15) is 0 Å². The summed E-state index contributed by atoms with van der Waals surface area (Å²) in [6.07, 6.45) is 0. The molecule has 2 heterocycles. The van der Waals surface area contributed by atoms with Crippen LogP contribution in [0.2, 0.25) is 0 Å². The van der Waals surface area contributed by atoms with Crippen molar-refractivity contribution in [1.29, 1.82) is 0 Å². The quantitative estimate of drug-likeness (QED) is 0.870. The Hall–Kier alpha value is -1.13. The van der Waals surface area contributed by atoms with Gasteiger partial charge in [0, 0.05) is 44.0 Å². The molecule has 4 heteroatoms. The lowest BCUT2D eigenvalue weighted by Gasteiger charge is -2.34. The van der Waals surface area contributed by atoms with Crippen LogP contribution in [-0.2, 0) is 6.54 Å². The second-order valence-electron chi connectivity index (χ2n) is 5.20. The average molecular weight is 248 g/mol. The van der Waals surface area contributed by atoms with Crippen molar-refractivity contribution >= 4 is 5.82 Å². The number of nitrogens with one attached hydrogen (secondary N) is 1. The standard InChI is InChI=1S/C14H24N4/c1-11-9-12(2)16-14(13(11)10-15-3)18-7-5-17(4)6-8-18/h9,15H,5-8,10H2,1-4H3. The van der Waals surface area contributed by atoms with E-state index >= 15 is 0 Å². The summed E-state index contributed by atoms with van der Waals surface area (Å²) < 4.78 is 0. The minimum atomic E-state index is 0.890. The van der Waals surface area contributed by atoms with Crippen LogP contribution in [0.25, 0.3) is 0 Å². The number of rotatable bonds is 3. The van der Waals surface area contributed by atoms with Crippen molar-refractivity contribution in [3.8, 4) is 0 Å². The number of hydrogen-bond acceptors (Lipinski definition) is 4. The number of aromatic nitrogens is 1. The third-order valence-electron chi connectivity index (χ3n) is 3.61. The summed E-state index contributed by atoms with van der Waals surface area (Å²) in [5.74, 6) is 1.18. The average Bonchev–Trinajstić information content (AvgIpc) is 2.33. The summed E-state index contributed by atoms with van der Waals surface area (Å²) in [5, 5.41) is 3.26. The van der Waals surface area contributed by atoms with Crippen LogP contribution in [0, 0.1) is 13.8 Å². The highest BCUT2D eigenvalue weighted by atomic mass is 15.3. The molecule has 0 aromatic carbocycles. The van der Waals surface area contributed by atoms with Crippen LogP contribution in [0.3, 0.4) is 0 Å². The summed E-state index contributed by atoms with van der Waals surface area (Å²) in [7, 11) is 4.17. The first-order valence-electron chi connectivity index (χ1n) is 6.67. The Balaban J connectivity index is 2.30. The normalized spacial score (nSPS) is 17.2. The third kappa shape index (κ3) is 2.82. The van der Waals surface area contributed by atoms with Crippen LogP contribution in [-0.4, -0.2) is 50.2 Å². The predicted molar refractivity (Wildman–Crippen MR) is 76.2 cm³/mol. The Morgan fingerprint density at radius 1 is 1.22 bits per heavy atom. The minimum Gasteiger partial charge on any atom is -0.354 e. The largest absolute Gasteiger partial charge is 0.354 e. The van der Waals surface area contributed by atoms with Crippen molar-refractivity contribution in [2.75, 3.05) is 45.2 Å². The molecule has 4 nitrogen and oxygen atoms in total. The van der Waals surface area contributed by atoms with Gasteiger partial charge in [-0.15, -0.1) is 0 Å². The molecule has 0 spiro atoms. The maximum absolute atomic E-state index is 4.77. The van der Waals surface area contributed by atoms with E-state index in [2.05, 4.69) is 42.1 Å². The Morgan fingerprint density at radius 2 is 1.89 bits per heavy atom. The smallest absolute Gasteiger partial charge is 0.133 e. The zero-order valence-corrected chi connectivity index (χ0v) is 12.0. The van der Waals surface area contributed by atoms with Crippen LogP contribution < -0.4 is 10.2 Å². The Morgan fingerprint density at radius 3 is 2.50 bits per heavy atom. The van der Waals surface area contributed by atoms with E-state index in [4.69, 9.17) is 4.98 Å². The number of pyridine rings is 1. The van der Waals surface area contributed by atoms with E-state index in [0.717, 1.165) is 38.4 Å². The molecular formula is C14H24N4. The van der Waals surface area contributed by atoms with Crippen molar-refractivity contribution in [2.45, 2.75) is 20.4 Å². The van der Waals surface area contributed by atoms with Crippen molar-refractivity contribution in [1.82, 2.24) is 15.2 Å². The van der Waals surface area contributed by atoms with Crippen LogP contribution in [0.4, 0.5) is 5.82 Å². The second-order valence-corrected chi connectivity index (χ2v) is 5.20. The van der Waals surface area contributed by atoms with E-state index in [-0.39, 0.29) is 0 Å². The molecule has 0 aliphatic carbocycles. The van der Waals surface area contributed by atoms with Crippen molar-refractivity contribution in [3.05, 3.63) is 22.9 Å². The lowest BCUT2D eigenvalue weighted by Crippen LogP contribution is -2.45. The zero-order valence-electron chi connectivity index (χ0n) is 12.0. The van der Waals surface area contributed by atoms with E-state index in [1.54, 1.807) is 0 Å². The maximum atomic E-state index is 4.77. The molecule has 1 saturated heterocycles. The fourth-order valence-corrected chi connectivity index (χ4v) is 2.52. The Kier molecular flexibility index (Phi) is 4.19. The summed E-state index contributed by atoms with van der Waals surface area (Å²) in [6.45, 7) is 9.53. The van der Waals surface area contributed by atoms with Crippen molar-refractivity contribution < 1.29 is 0 Å². The number of anilines is 1. The summed E-state index contributed by atoms with van der Waals surface area (Å²) in [6, 6.07) is 2.17. The Bertz CT molecular complexity index is 409. The molecular weight excluding hydrogens is 224 g/mol. The van der Waals surface area contributed by atoms with Gasteiger partial charge in [-0.25, -0.2) is 4.98 Å². The van der Waals surface area contributed by atoms with Gasteiger partial charge in [0.15, 0.2) is 0 Å². The SMILES string of the molecule is CNCc1c(C)cc(C)nc1N1CCN(C)CC1. The van der Waals surface area contributed by atoms with E-state index in [1.165, 1.54) is 16.9 Å². The summed E-state index contributed by atoms with van der Waals surface area (Å²) in [5.41, 5.74) is 3.79. The molecule has 0 radical (unpaired) electrons. The molecule has 1 aromatic heterocycles. The molecule has 100 valence electrons. The highest BCUT2D eigenvalue weighted by molar-refractivity contribution is 5.52. The first kappa shape index (κ1) is 13.3. The minimum absolute atomic E-state index is 0.890. The Labute approximate surface area is 110 Å². The zero-order chi connectivity index (χ0) is 13.1.